The molecule has 0 atom stereocenters. The van der Waals surface area contributed by atoms with Crippen molar-refractivity contribution in [1.29, 1.82) is 0 Å². The van der Waals surface area contributed by atoms with Gasteiger partial charge in [-0.15, -0.1) is 0 Å². The molecule has 0 aliphatic heterocycles. The van der Waals surface area contributed by atoms with Gasteiger partial charge in [0.05, 0.1) is 6.61 Å². The molecule has 0 aliphatic rings. The molecule has 2 aromatic rings. The molecule has 3 heteroatoms. The first-order valence-corrected chi connectivity index (χ1v) is 5.81. The highest BCUT2D eigenvalue weighted by Crippen LogP contribution is 2.24. The van der Waals surface area contributed by atoms with E-state index in [1.165, 1.54) is 0 Å². The topological polar surface area (TPSA) is 49.7 Å². The third-order valence-electron chi connectivity index (χ3n) is 2.78. The Balaban J connectivity index is 2.12. The molecular formula is C15H16O3. The lowest BCUT2D eigenvalue weighted by Crippen LogP contribution is -2.00. The summed E-state index contributed by atoms with van der Waals surface area (Å²) >= 11 is 0. The molecule has 94 valence electrons. The van der Waals surface area contributed by atoms with Crippen LogP contribution in [0.1, 0.15) is 16.7 Å². The van der Waals surface area contributed by atoms with Gasteiger partial charge < -0.3 is 14.9 Å². The normalized spacial score (nSPS) is 10.3. The Morgan fingerprint density at radius 2 is 1.78 bits per heavy atom. The van der Waals surface area contributed by atoms with Crippen molar-refractivity contribution in [2.75, 3.05) is 0 Å². The van der Waals surface area contributed by atoms with Crippen LogP contribution < -0.4 is 4.74 Å². The first-order valence-electron chi connectivity index (χ1n) is 5.81. The lowest BCUT2D eigenvalue weighted by atomic mass is 10.1. The van der Waals surface area contributed by atoms with E-state index in [2.05, 4.69) is 0 Å². The molecule has 0 amide bonds. The van der Waals surface area contributed by atoms with Crippen molar-refractivity contribution in [1.82, 2.24) is 0 Å². The molecule has 2 rings (SSSR count). The Hall–Kier alpha value is -2.00. The minimum Gasteiger partial charge on any atom is -0.508 e. The van der Waals surface area contributed by atoms with Crippen LogP contribution in [0, 0.1) is 6.92 Å². The maximum atomic E-state index is 9.26. The van der Waals surface area contributed by atoms with Gasteiger partial charge in [0, 0.05) is 5.56 Å². The first kappa shape index (κ1) is 12.5. The molecule has 0 radical (unpaired) electrons. The second-order valence-electron chi connectivity index (χ2n) is 4.18. The minimum absolute atomic E-state index is 0.0351. The Morgan fingerprint density at radius 3 is 2.44 bits per heavy atom. The standard InChI is InChI=1S/C15H16O3/c1-11-3-2-4-13(9-16)15(11)18-10-12-5-7-14(17)8-6-12/h2-8,16-17H,9-10H2,1H3. The zero-order valence-corrected chi connectivity index (χ0v) is 10.3. The van der Waals surface area contributed by atoms with Gasteiger partial charge in [0.25, 0.3) is 0 Å². The maximum Gasteiger partial charge on any atom is 0.128 e. The highest BCUT2D eigenvalue weighted by atomic mass is 16.5. The molecule has 0 aromatic heterocycles. The summed E-state index contributed by atoms with van der Waals surface area (Å²) in [6.07, 6.45) is 0. The maximum absolute atomic E-state index is 9.26. The number of ether oxygens (including phenoxy) is 1. The van der Waals surface area contributed by atoms with Crippen molar-refractivity contribution in [2.45, 2.75) is 20.1 Å². The minimum atomic E-state index is -0.0351. The number of rotatable bonds is 4. The van der Waals surface area contributed by atoms with Gasteiger partial charge in [-0.25, -0.2) is 0 Å². The number of hydrogen-bond donors (Lipinski definition) is 2. The quantitative estimate of drug-likeness (QED) is 0.869. The largest absolute Gasteiger partial charge is 0.508 e. The predicted molar refractivity (Wildman–Crippen MR) is 69.5 cm³/mol. The van der Waals surface area contributed by atoms with E-state index in [1.807, 2.05) is 37.3 Å². The molecule has 2 aromatic carbocycles. The summed E-state index contributed by atoms with van der Waals surface area (Å²) < 4.78 is 5.74. The van der Waals surface area contributed by atoms with Gasteiger partial charge in [0.15, 0.2) is 0 Å². The third-order valence-corrected chi connectivity index (χ3v) is 2.78. The van der Waals surface area contributed by atoms with Crippen LogP contribution in [0.15, 0.2) is 42.5 Å². The molecule has 0 aliphatic carbocycles. The van der Waals surface area contributed by atoms with E-state index >= 15 is 0 Å². The molecule has 3 nitrogen and oxygen atoms in total. The SMILES string of the molecule is Cc1cccc(CO)c1OCc1ccc(O)cc1. The summed E-state index contributed by atoms with van der Waals surface area (Å²) in [7, 11) is 0. The number of para-hydroxylation sites is 1. The second-order valence-corrected chi connectivity index (χ2v) is 4.18. The number of aliphatic hydroxyl groups is 1. The van der Waals surface area contributed by atoms with Crippen LogP contribution in [0.4, 0.5) is 0 Å². The number of aliphatic hydroxyl groups excluding tert-OH is 1. The second kappa shape index (κ2) is 5.56. The van der Waals surface area contributed by atoms with Crippen molar-refractivity contribution >= 4 is 0 Å². The van der Waals surface area contributed by atoms with Crippen molar-refractivity contribution in [3.63, 3.8) is 0 Å². The average molecular weight is 244 g/mol. The molecule has 0 saturated carbocycles. The van der Waals surface area contributed by atoms with Gasteiger partial charge >= 0.3 is 0 Å². The fraction of sp³-hybridized carbons (Fsp3) is 0.200. The van der Waals surface area contributed by atoms with Crippen LogP contribution in [-0.4, -0.2) is 10.2 Å². The highest BCUT2D eigenvalue weighted by Gasteiger charge is 2.06. The summed E-state index contributed by atoms with van der Waals surface area (Å²) in [4.78, 5) is 0. The number of aromatic hydroxyl groups is 1. The molecule has 0 bridgehead atoms. The average Bonchev–Trinajstić information content (AvgIpc) is 2.39. The van der Waals surface area contributed by atoms with Gasteiger partial charge in [-0.2, -0.15) is 0 Å². The molecular weight excluding hydrogens is 228 g/mol. The van der Waals surface area contributed by atoms with Crippen LogP contribution >= 0.6 is 0 Å². The number of phenols is 1. The molecule has 0 spiro atoms. The van der Waals surface area contributed by atoms with Crippen molar-refractivity contribution < 1.29 is 14.9 Å². The van der Waals surface area contributed by atoms with E-state index in [4.69, 9.17) is 4.74 Å². The van der Waals surface area contributed by atoms with E-state index in [0.29, 0.717) is 6.61 Å². The van der Waals surface area contributed by atoms with Crippen LogP contribution in [-0.2, 0) is 13.2 Å². The monoisotopic (exact) mass is 244 g/mol. The van der Waals surface area contributed by atoms with Crippen molar-refractivity contribution in [2.24, 2.45) is 0 Å². The van der Waals surface area contributed by atoms with Gasteiger partial charge in [-0.3, -0.25) is 0 Å². The van der Waals surface area contributed by atoms with E-state index in [0.717, 1.165) is 22.4 Å². The summed E-state index contributed by atoms with van der Waals surface area (Å²) in [5.41, 5.74) is 2.76. The van der Waals surface area contributed by atoms with Crippen molar-refractivity contribution in [3.8, 4) is 11.5 Å². The Morgan fingerprint density at radius 1 is 1.06 bits per heavy atom. The Kier molecular flexibility index (Phi) is 3.85. The van der Waals surface area contributed by atoms with Crippen LogP contribution in [0.3, 0.4) is 0 Å². The van der Waals surface area contributed by atoms with Gasteiger partial charge in [0.1, 0.15) is 18.1 Å². The Bertz CT molecular complexity index is 518. The molecule has 0 fully saturated rings. The molecule has 18 heavy (non-hydrogen) atoms. The molecule has 0 saturated heterocycles. The fourth-order valence-corrected chi connectivity index (χ4v) is 1.79. The summed E-state index contributed by atoms with van der Waals surface area (Å²) in [5, 5.41) is 18.5. The summed E-state index contributed by atoms with van der Waals surface area (Å²) in [5.74, 6) is 0.971. The fourth-order valence-electron chi connectivity index (χ4n) is 1.79. The van der Waals surface area contributed by atoms with Gasteiger partial charge in [-0.05, 0) is 30.2 Å². The van der Waals surface area contributed by atoms with Gasteiger partial charge in [-0.1, -0.05) is 30.3 Å². The zero-order valence-electron chi connectivity index (χ0n) is 10.3. The number of aryl methyl sites for hydroxylation is 1. The summed E-state index contributed by atoms with van der Waals surface area (Å²) in [6, 6.07) is 12.6. The van der Waals surface area contributed by atoms with Crippen molar-refractivity contribution in [3.05, 3.63) is 59.2 Å². The lowest BCUT2D eigenvalue weighted by molar-refractivity contribution is 0.258. The van der Waals surface area contributed by atoms with Crippen LogP contribution in [0.25, 0.3) is 0 Å². The summed E-state index contributed by atoms with van der Waals surface area (Å²) in [6.45, 7) is 2.33. The smallest absolute Gasteiger partial charge is 0.128 e. The Labute approximate surface area is 106 Å². The lowest BCUT2D eigenvalue weighted by Gasteiger charge is -2.12. The van der Waals surface area contributed by atoms with Crippen LogP contribution in [0.2, 0.25) is 0 Å². The number of phenolic OH excluding ortho intramolecular Hbond substituents is 1. The zero-order chi connectivity index (χ0) is 13.0. The number of hydrogen-bond acceptors (Lipinski definition) is 3. The highest BCUT2D eigenvalue weighted by molar-refractivity contribution is 5.40. The van der Waals surface area contributed by atoms with E-state index in [1.54, 1.807) is 12.1 Å². The molecule has 0 unspecified atom stereocenters. The first-order chi connectivity index (χ1) is 8.70. The van der Waals surface area contributed by atoms with E-state index < -0.39 is 0 Å². The van der Waals surface area contributed by atoms with Crippen LogP contribution in [0.5, 0.6) is 11.5 Å². The number of benzene rings is 2. The van der Waals surface area contributed by atoms with E-state index in [9.17, 15) is 10.2 Å². The predicted octanol–water partition coefficient (Wildman–Crippen LogP) is 2.77. The molecule has 0 heterocycles. The van der Waals surface area contributed by atoms with Gasteiger partial charge in [0.2, 0.25) is 0 Å². The third kappa shape index (κ3) is 2.81. The van der Waals surface area contributed by atoms with E-state index in [-0.39, 0.29) is 12.4 Å². The molecule has 2 N–H and O–H groups in total.